The largest absolute Gasteiger partial charge is 0.491 e. The van der Waals surface area contributed by atoms with Crippen LogP contribution in [0.3, 0.4) is 0 Å². The lowest BCUT2D eigenvalue weighted by molar-refractivity contribution is 0.180. The van der Waals surface area contributed by atoms with Gasteiger partial charge in [0.1, 0.15) is 11.6 Å². The van der Waals surface area contributed by atoms with E-state index >= 15 is 0 Å². The standard InChI is InChI=1S/C20H25FN4O2/c1-20(2)8-17-14(9-22-24-17)10-25(12-20)19(26)23-16-7-15(21)5-6-18(16)27-11-13-3-4-13/h5-7,9,13H,3-4,8,10-12H2,1-2H3,(H,22,24)(H,23,26). The van der Waals surface area contributed by atoms with Crippen LogP contribution in [0.1, 0.15) is 37.9 Å². The molecule has 7 heteroatoms. The van der Waals surface area contributed by atoms with Crippen LogP contribution in [0, 0.1) is 17.2 Å². The van der Waals surface area contributed by atoms with Gasteiger partial charge in [-0.2, -0.15) is 5.10 Å². The van der Waals surface area contributed by atoms with Crippen molar-refractivity contribution in [1.29, 1.82) is 0 Å². The summed E-state index contributed by atoms with van der Waals surface area (Å²) in [5.41, 5.74) is 2.35. The van der Waals surface area contributed by atoms with Gasteiger partial charge in [0.15, 0.2) is 0 Å². The highest BCUT2D eigenvalue weighted by Crippen LogP contribution is 2.33. The van der Waals surface area contributed by atoms with Gasteiger partial charge in [-0.15, -0.1) is 0 Å². The van der Waals surface area contributed by atoms with Crippen molar-refractivity contribution in [3.63, 3.8) is 0 Å². The first-order valence-electron chi connectivity index (χ1n) is 9.39. The summed E-state index contributed by atoms with van der Waals surface area (Å²) in [6, 6.07) is 3.98. The molecule has 2 heterocycles. The van der Waals surface area contributed by atoms with E-state index in [0.29, 0.717) is 37.1 Å². The maximum atomic E-state index is 13.8. The smallest absolute Gasteiger partial charge is 0.322 e. The lowest BCUT2D eigenvalue weighted by atomic mass is 9.88. The normalized spacial score (nSPS) is 18.6. The van der Waals surface area contributed by atoms with Crippen LogP contribution in [0.15, 0.2) is 24.4 Å². The van der Waals surface area contributed by atoms with E-state index in [2.05, 4.69) is 29.4 Å². The highest BCUT2D eigenvalue weighted by molar-refractivity contribution is 5.91. The molecule has 2 N–H and O–H groups in total. The molecule has 2 amide bonds. The number of hydrogen-bond acceptors (Lipinski definition) is 3. The minimum absolute atomic E-state index is 0.0949. The van der Waals surface area contributed by atoms with Gasteiger partial charge in [0.2, 0.25) is 0 Å². The van der Waals surface area contributed by atoms with Crippen LogP contribution >= 0.6 is 0 Å². The predicted molar refractivity (Wildman–Crippen MR) is 100 cm³/mol. The summed E-state index contributed by atoms with van der Waals surface area (Å²) >= 11 is 0. The fourth-order valence-corrected chi connectivity index (χ4v) is 3.50. The van der Waals surface area contributed by atoms with E-state index in [1.165, 1.54) is 25.0 Å². The van der Waals surface area contributed by atoms with Crippen molar-refractivity contribution >= 4 is 11.7 Å². The summed E-state index contributed by atoms with van der Waals surface area (Å²) in [5, 5.41) is 9.99. The average Bonchev–Trinajstić information content (AvgIpc) is 3.36. The lowest BCUT2D eigenvalue weighted by Gasteiger charge is -2.29. The molecule has 1 aliphatic heterocycles. The Morgan fingerprint density at radius 1 is 1.44 bits per heavy atom. The minimum Gasteiger partial charge on any atom is -0.491 e. The molecule has 27 heavy (non-hydrogen) atoms. The fourth-order valence-electron chi connectivity index (χ4n) is 3.50. The number of amides is 2. The van der Waals surface area contributed by atoms with Gasteiger partial charge in [-0.3, -0.25) is 5.10 Å². The SMILES string of the molecule is CC1(C)Cc2[nH]ncc2CN(C(=O)Nc2cc(F)ccc2OCC2CC2)C1. The van der Waals surface area contributed by atoms with Crippen molar-refractivity contribution < 1.29 is 13.9 Å². The zero-order chi connectivity index (χ0) is 19.0. The molecule has 0 bridgehead atoms. The maximum absolute atomic E-state index is 13.8. The molecule has 0 unspecified atom stereocenters. The number of H-pyrrole nitrogens is 1. The van der Waals surface area contributed by atoms with Gasteiger partial charge in [0.05, 0.1) is 25.0 Å². The summed E-state index contributed by atoms with van der Waals surface area (Å²) in [4.78, 5) is 14.7. The van der Waals surface area contributed by atoms with E-state index < -0.39 is 5.82 Å². The van der Waals surface area contributed by atoms with Crippen molar-refractivity contribution in [2.45, 2.75) is 39.7 Å². The Labute approximate surface area is 158 Å². The third kappa shape index (κ3) is 4.23. The highest BCUT2D eigenvalue weighted by atomic mass is 19.1. The van der Waals surface area contributed by atoms with Crippen LogP contribution in [-0.4, -0.2) is 34.3 Å². The van der Waals surface area contributed by atoms with Crippen molar-refractivity contribution in [3.8, 4) is 5.75 Å². The predicted octanol–water partition coefficient (Wildman–Crippen LogP) is 3.95. The number of aromatic nitrogens is 2. The number of carbonyl (C=O) groups is 1. The van der Waals surface area contributed by atoms with Gasteiger partial charge in [-0.05, 0) is 42.7 Å². The third-order valence-electron chi connectivity index (χ3n) is 5.08. The molecule has 1 aliphatic carbocycles. The molecule has 1 saturated carbocycles. The van der Waals surface area contributed by atoms with Crippen LogP contribution < -0.4 is 10.1 Å². The number of benzene rings is 1. The van der Waals surface area contributed by atoms with Crippen molar-refractivity contribution in [1.82, 2.24) is 15.1 Å². The number of nitrogens with one attached hydrogen (secondary N) is 2. The number of hydrogen-bond donors (Lipinski definition) is 2. The number of fused-ring (bicyclic) bond motifs is 1. The van der Waals surface area contributed by atoms with Crippen LogP contribution in [0.25, 0.3) is 0 Å². The molecule has 2 aliphatic rings. The number of rotatable bonds is 4. The lowest BCUT2D eigenvalue weighted by Crippen LogP contribution is -2.40. The second kappa shape index (κ2) is 6.87. The number of anilines is 1. The first-order valence-corrected chi connectivity index (χ1v) is 9.39. The van der Waals surface area contributed by atoms with Crippen LogP contribution in [0.4, 0.5) is 14.9 Å². The third-order valence-corrected chi connectivity index (χ3v) is 5.08. The van der Waals surface area contributed by atoms with Crippen LogP contribution in [0.2, 0.25) is 0 Å². The van der Waals surface area contributed by atoms with Crippen molar-refractivity contribution in [2.75, 3.05) is 18.5 Å². The van der Waals surface area contributed by atoms with E-state index in [4.69, 9.17) is 4.74 Å². The zero-order valence-corrected chi connectivity index (χ0v) is 15.7. The van der Waals surface area contributed by atoms with Crippen molar-refractivity contribution in [3.05, 3.63) is 41.5 Å². The van der Waals surface area contributed by atoms with Gasteiger partial charge >= 0.3 is 6.03 Å². The molecule has 144 valence electrons. The van der Waals surface area contributed by atoms with Gasteiger partial charge in [-0.25, -0.2) is 9.18 Å². The minimum atomic E-state index is -0.405. The second-order valence-corrected chi connectivity index (χ2v) is 8.40. The first kappa shape index (κ1) is 17.8. The molecule has 1 aromatic heterocycles. The molecular formula is C20H25FN4O2. The van der Waals surface area contributed by atoms with Gasteiger partial charge in [0.25, 0.3) is 0 Å². The molecule has 0 atom stereocenters. The molecule has 1 aromatic carbocycles. The zero-order valence-electron chi connectivity index (χ0n) is 15.7. The Morgan fingerprint density at radius 3 is 3.04 bits per heavy atom. The fraction of sp³-hybridized carbons (Fsp3) is 0.500. The number of nitrogens with zero attached hydrogens (tertiary/aromatic N) is 2. The maximum Gasteiger partial charge on any atom is 0.322 e. The topological polar surface area (TPSA) is 70.2 Å². The molecule has 1 fully saturated rings. The number of urea groups is 1. The highest BCUT2D eigenvalue weighted by Gasteiger charge is 2.31. The van der Waals surface area contributed by atoms with Gasteiger partial charge in [0, 0.05) is 23.9 Å². The summed E-state index contributed by atoms with van der Waals surface area (Å²) in [6.07, 6.45) is 4.92. The Bertz CT molecular complexity index is 844. The number of ether oxygens (including phenoxy) is 1. The van der Waals surface area contributed by atoms with Crippen molar-refractivity contribution in [2.24, 2.45) is 11.3 Å². The number of aromatic amines is 1. The summed E-state index contributed by atoms with van der Waals surface area (Å²) in [6.45, 7) is 5.90. The van der Waals surface area contributed by atoms with E-state index in [9.17, 15) is 9.18 Å². The first-order chi connectivity index (χ1) is 12.9. The van der Waals surface area contributed by atoms with E-state index in [-0.39, 0.29) is 11.4 Å². The molecular weight excluding hydrogens is 347 g/mol. The summed E-state index contributed by atoms with van der Waals surface area (Å²) in [7, 11) is 0. The quantitative estimate of drug-likeness (QED) is 0.854. The Balaban J connectivity index is 1.52. The van der Waals surface area contributed by atoms with E-state index in [1.54, 1.807) is 17.2 Å². The average molecular weight is 372 g/mol. The van der Waals surface area contributed by atoms with E-state index in [1.807, 2.05) is 0 Å². The summed E-state index contributed by atoms with van der Waals surface area (Å²) in [5.74, 6) is 0.677. The molecule has 4 rings (SSSR count). The molecule has 0 radical (unpaired) electrons. The Morgan fingerprint density at radius 2 is 2.26 bits per heavy atom. The van der Waals surface area contributed by atoms with Crippen LogP contribution in [0.5, 0.6) is 5.75 Å². The molecule has 2 aromatic rings. The summed E-state index contributed by atoms with van der Waals surface area (Å²) < 4.78 is 19.6. The van der Waals surface area contributed by atoms with Gasteiger partial charge < -0.3 is 15.0 Å². The number of halogens is 1. The molecule has 0 spiro atoms. The Hall–Kier alpha value is -2.57. The molecule has 6 nitrogen and oxygen atoms in total. The second-order valence-electron chi connectivity index (χ2n) is 8.40. The van der Waals surface area contributed by atoms with Crippen LogP contribution in [-0.2, 0) is 13.0 Å². The Kier molecular flexibility index (Phi) is 4.53. The molecule has 0 saturated heterocycles. The number of carbonyl (C=O) groups excluding carboxylic acids is 1. The van der Waals surface area contributed by atoms with E-state index in [0.717, 1.165) is 17.7 Å². The monoisotopic (exact) mass is 372 g/mol. The van der Waals surface area contributed by atoms with Gasteiger partial charge in [-0.1, -0.05) is 13.8 Å².